The SMILES string of the molecule is NC(=O)c1ccc(C(=O)Nc2ccccc2F)cc1. The molecule has 0 saturated carbocycles. The second-order valence-corrected chi connectivity index (χ2v) is 3.88. The van der Waals surface area contributed by atoms with Gasteiger partial charge >= 0.3 is 0 Å². The number of primary amides is 1. The largest absolute Gasteiger partial charge is 0.366 e. The van der Waals surface area contributed by atoms with Crippen LogP contribution in [0.4, 0.5) is 10.1 Å². The number of para-hydroxylation sites is 1. The van der Waals surface area contributed by atoms with E-state index in [9.17, 15) is 14.0 Å². The molecule has 2 aromatic carbocycles. The molecule has 0 saturated heterocycles. The minimum absolute atomic E-state index is 0.103. The average molecular weight is 258 g/mol. The van der Waals surface area contributed by atoms with Gasteiger partial charge in [0, 0.05) is 11.1 Å². The molecule has 0 fully saturated rings. The highest BCUT2D eigenvalue weighted by atomic mass is 19.1. The fraction of sp³-hybridized carbons (Fsp3) is 0. The number of anilines is 1. The van der Waals surface area contributed by atoms with Crippen LogP contribution < -0.4 is 11.1 Å². The van der Waals surface area contributed by atoms with E-state index in [1.54, 1.807) is 6.07 Å². The number of benzene rings is 2. The van der Waals surface area contributed by atoms with Crippen LogP contribution in [0, 0.1) is 5.82 Å². The molecule has 0 radical (unpaired) electrons. The molecule has 0 heterocycles. The van der Waals surface area contributed by atoms with Crippen LogP contribution in [-0.2, 0) is 0 Å². The van der Waals surface area contributed by atoms with E-state index in [4.69, 9.17) is 5.73 Å². The lowest BCUT2D eigenvalue weighted by Gasteiger charge is -2.06. The molecule has 0 unspecified atom stereocenters. The van der Waals surface area contributed by atoms with E-state index in [1.165, 1.54) is 42.5 Å². The number of amides is 2. The Kier molecular flexibility index (Phi) is 3.56. The molecular formula is C14H11FN2O2. The summed E-state index contributed by atoms with van der Waals surface area (Å²) in [5.74, 6) is -1.54. The second-order valence-electron chi connectivity index (χ2n) is 3.88. The number of hydrogen-bond donors (Lipinski definition) is 2. The zero-order valence-corrected chi connectivity index (χ0v) is 9.89. The quantitative estimate of drug-likeness (QED) is 0.885. The molecule has 0 atom stereocenters. The first-order valence-corrected chi connectivity index (χ1v) is 5.53. The van der Waals surface area contributed by atoms with E-state index in [0.29, 0.717) is 11.1 Å². The predicted molar refractivity (Wildman–Crippen MR) is 69.3 cm³/mol. The monoisotopic (exact) mass is 258 g/mol. The fourth-order valence-electron chi connectivity index (χ4n) is 1.54. The standard InChI is InChI=1S/C14H11FN2O2/c15-11-3-1-2-4-12(11)17-14(19)10-7-5-9(6-8-10)13(16)18/h1-8H,(H2,16,18)(H,17,19). The van der Waals surface area contributed by atoms with Gasteiger partial charge < -0.3 is 11.1 Å². The molecule has 0 spiro atoms. The van der Waals surface area contributed by atoms with E-state index < -0.39 is 17.6 Å². The molecule has 0 aliphatic rings. The summed E-state index contributed by atoms with van der Waals surface area (Å²) in [6.45, 7) is 0. The molecule has 96 valence electrons. The lowest BCUT2D eigenvalue weighted by atomic mass is 10.1. The van der Waals surface area contributed by atoms with Crippen LogP contribution in [0.5, 0.6) is 0 Å². The van der Waals surface area contributed by atoms with Crippen LogP contribution in [0.1, 0.15) is 20.7 Å². The maximum Gasteiger partial charge on any atom is 0.255 e. The summed E-state index contributed by atoms with van der Waals surface area (Å²) in [7, 11) is 0. The lowest BCUT2D eigenvalue weighted by Crippen LogP contribution is -2.14. The summed E-state index contributed by atoms with van der Waals surface area (Å²) in [5, 5.41) is 2.45. The number of nitrogens with two attached hydrogens (primary N) is 1. The molecule has 3 N–H and O–H groups in total. The number of carbonyl (C=O) groups excluding carboxylic acids is 2. The van der Waals surface area contributed by atoms with Crippen molar-refractivity contribution in [3.8, 4) is 0 Å². The molecule has 5 heteroatoms. The van der Waals surface area contributed by atoms with Gasteiger partial charge in [0.05, 0.1) is 5.69 Å². The van der Waals surface area contributed by atoms with E-state index >= 15 is 0 Å². The molecule has 2 rings (SSSR count). The molecule has 2 amide bonds. The van der Waals surface area contributed by atoms with Gasteiger partial charge in [-0.15, -0.1) is 0 Å². The Balaban J connectivity index is 2.16. The molecule has 0 aliphatic heterocycles. The van der Waals surface area contributed by atoms with Crippen molar-refractivity contribution in [2.75, 3.05) is 5.32 Å². The summed E-state index contributed by atoms with van der Waals surface area (Å²) in [6, 6.07) is 11.7. The smallest absolute Gasteiger partial charge is 0.255 e. The normalized spacial score (nSPS) is 9.95. The Labute approximate surface area is 109 Å². The zero-order valence-electron chi connectivity index (χ0n) is 9.89. The Morgan fingerprint density at radius 3 is 2.11 bits per heavy atom. The van der Waals surface area contributed by atoms with Gasteiger partial charge in [-0.05, 0) is 36.4 Å². The third kappa shape index (κ3) is 2.95. The Morgan fingerprint density at radius 1 is 0.947 bits per heavy atom. The minimum Gasteiger partial charge on any atom is -0.366 e. The Hall–Kier alpha value is -2.69. The van der Waals surface area contributed by atoms with Crippen molar-refractivity contribution < 1.29 is 14.0 Å². The molecular weight excluding hydrogens is 247 g/mol. The topological polar surface area (TPSA) is 72.2 Å². The lowest BCUT2D eigenvalue weighted by molar-refractivity contribution is 0.0995. The van der Waals surface area contributed by atoms with Gasteiger partial charge in [0.25, 0.3) is 5.91 Å². The molecule has 19 heavy (non-hydrogen) atoms. The van der Waals surface area contributed by atoms with Gasteiger partial charge in [-0.1, -0.05) is 12.1 Å². The first-order chi connectivity index (χ1) is 9.08. The summed E-state index contributed by atoms with van der Waals surface area (Å²) in [4.78, 5) is 22.7. The van der Waals surface area contributed by atoms with Gasteiger partial charge in [-0.25, -0.2) is 4.39 Å². The number of nitrogens with one attached hydrogen (secondary N) is 1. The number of rotatable bonds is 3. The summed E-state index contributed by atoms with van der Waals surface area (Å²) in [6.07, 6.45) is 0. The van der Waals surface area contributed by atoms with Gasteiger partial charge in [-0.3, -0.25) is 9.59 Å². The Morgan fingerprint density at radius 2 is 1.53 bits per heavy atom. The fourth-order valence-corrected chi connectivity index (χ4v) is 1.54. The second kappa shape index (κ2) is 5.30. The Bertz CT molecular complexity index is 624. The van der Waals surface area contributed by atoms with E-state index in [0.717, 1.165) is 0 Å². The number of hydrogen-bond acceptors (Lipinski definition) is 2. The highest BCUT2D eigenvalue weighted by Gasteiger charge is 2.09. The molecule has 0 aromatic heterocycles. The molecule has 0 bridgehead atoms. The summed E-state index contributed by atoms with van der Waals surface area (Å²) in [5.41, 5.74) is 5.82. The van der Waals surface area contributed by atoms with E-state index in [1.807, 2.05) is 0 Å². The van der Waals surface area contributed by atoms with Gasteiger partial charge in [-0.2, -0.15) is 0 Å². The molecule has 4 nitrogen and oxygen atoms in total. The number of halogens is 1. The molecule has 2 aromatic rings. The van der Waals surface area contributed by atoms with Crippen LogP contribution in [-0.4, -0.2) is 11.8 Å². The highest BCUT2D eigenvalue weighted by Crippen LogP contribution is 2.14. The van der Waals surface area contributed by atoms with Crippen molar-refractivity contribution in [2.45, 2.75) is 0 Å². The maximum absolute atomic E-state index is 13.4. The average Bonchev–Trinajstić information content (AvgIpc) is 2.41. The zero-order chi connectivity index (χ0) is 13.8. The van der Waals surface area contributed by atoms with Gasteiger partial charge in [0.1, 0.15) is 5.82 Å². The van der Waals surface area contributed by atoms with Crippen molar-refractivity contribution in [1.29, 1.82) is 0 Å². The highest BCUT2D eigenvalue weighted by molar-refractivity contribution is 6.05. The third-order valence-electron chi connectivity index (χ3n) is 2.55. The van der Waals surface area contributed by atoms with Crippen molar-refractivity contribution in [1.82, 2.24) is 0 Å². The first-order valence-electron chi connectivity index (χ1n) is 5.53. The van der Waals surface area contributed by atoms with Crippen LogP contribution in [0.2, 0.25) is 0 Å². The van der Waals surface area contributed by atoms with Crippen molar-refractivity contribution >= 4 is 17.5 Å². The van der Waals surface area contributed by atoms with Crippen molar-refractivity contribution in [3.63, 3.8) is 0 Å². The number of carbonyl (C=O) groups is 2. The van der Waals surface area contributed by atoms with E-state index in [2.05, 4.69) is 5.32 Å². The van der Waals surface area contributed by atoms with Crippen LogP contribution in [0.15, 0.2) is 48.5 Å². The van der Waals surface area contributed by atoms with Gasteiger partial charge in [0.2, 0.25) is 5.91 Å². The third-order valence-corrected chi connectivity index (χ3v) is 2.55. The van der Waals surface area contributed by atoms with Crippen molar-refractivity contribution in [2.24, 2.45) is 5.73 Å². The predicted octanol–water partition coefficient (Wildman–Crippen LogP) is 2.18. The summed E-state index contributed by atoms with van der Waals surface area (Å²) >= 11 is 0. The summed E-state index contributed by atoms with van der Waals surface area (Å²) < 4.78 is 13.4. The van der Waals surface area contributed by atoms with Crippen LogP contribution in [0.3, 0.4) is 0 Å². The van der Waals surface area contributed by atoms with Crippen molar-refractivity contribution in [3.05, 3.63) is 65.5 Å². The molecule has 0 aliphatic carbocycles. The minimum atomic E-state index is -0.568. The first kappa shape index (κ1) is 12.8. The van der Waals surface area contributed by atoms with Crippen LogP contribution >= 0.6 is 0 Å². The van der Waals surface area contributed by atoms with Crippen LogP contribution in [0.25, 0.3) is 0 Å². The maximum atomic E-state index is 13.4. The van der Waals surface area contributed by atoms with E-state index in [-0.39, 0.29) is 5.69 Å². The van der Waals surface area contributed by atoms with Gasteiger partial charge in [0.15, 0.2) is 0 Å².